The van der Waals surface area contributed by atoms with Crippen molar-refractivity contribution in [2.75, 3.05) is 47.9 Å². The number of anilines is 3. The van der Waals surface area contributed by atoms with E-state index in [1.165, 1.54) is 0 Å². The van der Waals surface area contributed by atoms with E-state index in [4.69, 9.17) is 0 Å². The van der Waals surface area contributed by atoms with Gasteiger partial charge in [-0.2, -0.15) is 18.2 Å². The van der Waals surface area contributed by atoms with E-state index in [9.17, 15) is 31.5 Å². The van der Waals surface area contributed by atoms with Crippen LogP contribution in [-0.2, 0) is 16.6 Å². The van der Waals surface area contributed by atoms with Crippen LogP contribution >= 0.6 is 0 Å². The maximum Gasteiger partial charge on any atom is 0.406 e. The highest BCUT2D eigenvalue weighted by atomic mass is 19.4. The van der Waals surface area contributed by atoms with Crippen LogP contribution in [0.2, 0.25) is 0 Å². The van der Waals surface area contributed by atoms with E-state index in [0.717, 1.165) is 19.0 Å². The van der Waals surface area contributed by atoms with Crippen LogP contribution in [0.25, 0.3) is 0 Å². The van der Waals surface area contributed by atoms with Crippen molar-refractivity contribution >= 4 is 23.4 Å². The SMILES string of the molecule is CN1CCCc2c1nc(N1CCC3(CC1)C(=O)N(CC(F)(F)F)c1cc(F)cc(F)c13)[nH]c2=O. The monoisotopic (exact) mass is 483 g/mol. The second-order valence-electron chi connectivity index (χ2n) is 9.07. The molecule has 5 rings (SSSR count). The van der Waals surface area contributed by atoms with E-state index < -0.39 is 35.7 Å². The molecule has 0 aliphatic carbocycles. The second kappa shape index (κ2) is 7.67. The molecule has 2 aromatic rings. The standard InChI is InChI=1S/C22H22F5N5O2/c1-30-6-2-3-13-17(30)28-20(29-18(13)33)31-7-4-21(5-8-31)16-14(24)9-12(23)10-15(16)32(19(21)34)11-22(25,26)27/h9-10H,2-8,11H2,1H3,(H,28,29,33). The molecule has 0 radical (unpaired) electrons. The first-order chi connectivity index (χ1) is 16.0. The topological polar surface area (TPSA) is 72.5 Å². The quantitative estimate of drug-likeness (QED) is 0.666. The molecule has 1 aromatic carbocycles. The fourth-order valence-corrected chi connectivity index (χ4v) is 5.39. The highest BCUT2D eigenvalue weighted by Gasteiger charge is 2.55. The third kappa shape index (κ3) is 3.50. The zero-order valence-corrected chi connectivity index (χ0v) is 18.3. The number of hydrogen-bond acceptors (Lipinski definition) is 5. The maximum atomic E-state index is 14.9. The first kappa shape index (κ1) is 22.6. The molecule has 0 atom stereocenters. The average Bonchev–Trinajstić information content (AvgIpc) is 2.96. The summed E-state index contributed by atoms with van der Waals surface area (Å²) in [6, 6.07) is 1.37. The number of aromatic nitrogens is 2. The minimum Gasteiger partial charge on any atom is -0.359 e. The van der Waals surface area contributed by atoms with Gasteiger partial charge in [-0.15, -0.1) is 0 Å². The molecule has 1 saturated heterocycles. The highest BCUT2D eigenvalue weighted by molar-refractivity contribution is 6.08. The number of piperidine rings is 1. The molecule has 12 heteroatoms. The zero-order valence-electron chi connectivity index (χ0n) is 18.3. The van der Waals surface area contributed by atoms with Gasteiger partial charge in [-0.25, -0.2) is 8.78 Å². The van der Waals surface area contributed by atoms with Gasteiger partial charge in [0.15, 0.2) is 0 Å². The van der Waals surface area contributed by atoms with Gasteiger partial charge in [0.2, 0.25) is 11.9 Å². The number of halogens is 5. The number of aromatic amines is 1. The number of carbonyl (C=O) groups is 1. The molecular formula is C22H22F5N5O2. The van der Waals surface area contributed by atoms with Crippen molar-refractivity contribution in [1.82, 2.24) is 9.97 Å². The van der Waals surface area contributed by atoms with Crippen molar-refractivity contribution in [1.29, 1.82) is 0 Å². The number of nitrogens with one attached hydrogen (secondary N) is 1. The molecule has 1 amide bonds. The second-order valence-corrected chi connectivity index (χ2v) is 9.07. The number of fused-ring (bicyclic) bond motifs is 3. The average molecular weight is 483 g/mol. The Labute approximate surface area is 191 Å². The summed E-state index contributed by atoms with van der Waals surface area (Å²) in [4.78, 5) is 37.2. The van der Waals surface area contributed by atoms with Crippen LogP contribution in [0.1, 0.15) is 30.4 Å². The minimum atomic E-state index is -4.74. The molecular weight excluding hydrogens is 461 g/mol. The first-order valence-electron chi connectivity index (χ1n) is 11.0. The molecule has 1 N–H and O–H groups in total. The van der Waals surface area contributed by atoms with Crippen molar-refractivity contribution in [3.8, 4) is 0 Å². The number of benzene rings is 1. The van der Waals surface area contributed by atoms with Crippen LogP contribution in [0.15, 0.2) is 16.9 Å². The number of nitrogens with zero attached hydrogens (tertiary/aromatic N) is 4. The van der Waals surface area contributed by atoms with Crippen molar-refractivity contribution in [3.63, 3.8) is 0 Å². The van der Waals surface area contributed by atoms with Gasteiger partial charge in [0, 0.05) is 38.3 Å². The summed E-state index contributed by atoms with van der Waals surface area (Å²) >= 11 is 0. The van der Waals surface area contributed by atoms with E-state index in [1.54, 1.807) is 4.90 Å². The Kier molecular flexibility index (Phi) is 5.10. The molecule has 34 heavy (non-hydrogen) atoms. The van der Waals surface area contributed by atoms with Gasteiger partial charge < -0.3 is 14.7 Å². The van der Waals surface area contributed by atoms with Crippen LogP contribution < -0.4 is 20.3 Å². The molecule has 3 aliphatic rings. The van der Waals surface area contributed by atoms with Gasteiger partial charge in [-0.3, -0.25) is 14.6 Å². The predicted molar refractivity (Wildman–Crippen MR) is 114 cm³/mol. The van der Waals surface area contributed by atoms with Gasteiger partial charge in [0.25, 0.3) is 5.56 Å². The molecule has 1 aromatic heterocycles. The number of rotatable bonds is 2. The molecule has 7 nitrogen and oxygen atoms in total. The molecule has 3 aliphatic heterocycles. The van der Waals surface area contributed by atoms with Gasteiger partial charge in [-0.1, -0.05) is 0 Å². The van der Waals surface area contributed by atoms with E-state index in [0.29, 0.717) is 34.7 Å². The molecule has 0 bridgehead atoms. The van der Waals surface area contributed by atoms with E-state index in [2.05, 4.69) is 9.97 Å². The van der Waals surface area contributed by atoms with Crippen molar-refractivity contribution in [3.05, 3.63) is 45.2 Å². The Hall–Kier alpha value is -3.18. The lowest BCUT2D eigenvalue weighted by molar-refractivity contribution is -0.135. The number of carbonyl (C=O) groups excluding carboxylic acids is 1. The summed E-state index contributed by atoms with van der Waals surface area (Å²) < 4.78 is 68.3. The van der Waals surface area contributed by atoms with Crippen molar-refractivity contribution < 1.29 is 26.7 Å². The van der Waals surface area contributed by atoms with Crippen molar-refractivity contribution in [2.24, 2.45) is 0 Å². The summed E-state index contributed by atoms with van der Waals surface area (Å²) in [5, 5.41) is 0. The number of H-pyrrole nitrogens is 1. The first-order valence-corrected chi connectivity index (χ1v) is 11.0. The normalized spacial score (nSPS) is 19.6. The Balaban J connectivity index is 1.48. The number of amides is 1. The number of hydrogen-bond donors (Lipinski definition) is 1. The number of alkyl halides is 3. The Morgan fingerprint density at radius 3 is 2.50 bits per heavy atom. The van der Waals surface area contributed by atoms with Crippen LogP contribution in [0, 0.1) is 11.6 Å². The Morgan fingerprint density at radius 2 is 1.82 bits per heavy atom. The molecule has 182 valence electrons. The van der Waals surface area contributed by atoms with Gasteiger partial charge in [0.05, 0.1) is 16.7 Å². The Bertz CT molecular complexity index is 1220. The summed E-state index contributed by atoms with van der Waals surface area (Å²) in [5.74, 6) is -2.11. The van der Waals surface area contributed by atoms with Crippen LogP contribution in [0.3, 0.4) is 0 Å². The lowest BCUT2D eigenvalue weighted by Crippen LogP contribution is -2.51. The highest BCUT2D eigenvalue weighted by Crippen LogP contribution is 2.50. The van der Waals surface area contributed by atoms with Gasteiger partial charge in [0.1, 0.15) is 24.0 Å². The zero-order chi connectivity index (χ0) is 24.4. The third-order valence-corrected chi connectivity index (χ3v) is 6.98. The maximum absolute atomic E-state index is 14.9. The largest absolute Gasteiger partial charge is 0.406 e. The predicted octanol–water partition coefficient (Wildman–Crippen LogP) is 2.88. The fourth-order valence-electron chi connectivity index (χ4n) is 5.39. The fraction of sp³-hybridized carbons (Fsp3) is 0.500. The molecule has 1 fully saturated rings. The summed E-state index contributed by atoms with van der Waals surface area (Å²) in [6.07, 6.45) is -3.30. The lowest BCUT2D eigenvalue weighted by Gasteiger charge is -2.39. The van der Waals surface area contributed by atoms with Gasteiger partial charge >= 0.3 is 6.18 Å². The molecule has 0 saturated carbocycles. The smallest absolute Gasteiger partial charge is 0.359 e. The Morgan fingerprint density at radius 1 is 1.12 bits per heavy atom. The van der Waals surface area contributed by atoms with Crippen LogP contribution in [0.5, 0.6) is 0 Å². The third-order valence-electron chi connectivity index (χ3n) is 6.98. The summed E-state index contributed by atoms with van der Waals surface area (Å²) in [6.45, 7) is -0.581. The van der Waals surface area contributed by atoms with Crippen LogP contribution in [-0.4, -0.2) is 55.3 Å². The molecule has 4 heterocycles. The molecule has 1 spiro atoms. The lowest BCUT2D eigenvalue weighted by atomic mass is 9.73. The molecule has 0 unspecified atom stereocenters. The van der Waals surface area contributed by atoms with Crippen molar-refractivity contribution in [2.45, 2.75) is 37.3 Å². The summed E-state index contributed by atoms with van der Waals surface area (Å²) in [5.41, 5.74) is -1.78. The van der Waals surface area contributed by atoms with E-state index in [1.807, 2.05) is 11.9 Å². The van der Waals surface area contributed by atoms with E-state index in [-0.39, 0.29) is 42.7 Å². The van der Waals surface area contributed by atoms with E-state index >= 15 is 0 Å². The minimum absolute atomic E-state index is 0.00756. The summed E-state index contributed by atoms with van der Waals surface area (Å²) in [7, 11) is 1.84. The van der Waals surface area contributed by atoms with Crippen LogP contribution in [0.4, 0.5) is 39.4 Å². The van der Waals surface area contributed by atoms with Gasteiger partial charge in [-0.05, 0) is 31.7 Å².